The molecule has 2 unspecified atom stereocenters. The summed E-state index contributed by atoms with van der Waals surface area (Å²) in [4.78, 5) is 11.3. The second kappa shape index (κ2) is 4.79. The summed E-state index contributed by atoms with van der Waals surface area (Å²) in [6, 6.07) is 3.28. The number of ether oxygens (including phenoxy) is 1. The normalized spacial score (nSPS) is 23.7. The summed E-state index contributed by atoms with van der Waals surface area (Å²) < 4.78 is 31.2. The van der Waals surface area contributed by atoms with Gasteiger partial charge in [0.05, 0.1) is 7.11 Å². The Kier molecular flexibility index (Phi) is 3.38. The highest BCUT2D eigenvalue weighted by atomic mass is 19.2. The van der Waals surface area contributed by atoms with Crippen LogP contribution >= 0.6 is 0 Å². The zero-order valence-corrected chi connectivity index (χ0v) is 9.37. The molecule has 0 radical (unpaired) electrons. The topological polar surface area (TPSA) is 38.3 Å². The molecule has 5 heteroatoms. The van der Waals surface area contributed by atoms with E-state index in [1.54, 1.807) is 0 Å². The van der Waals surface area contributed by atoms with Crippen molar-refractivity contribution in [3.05, 3.63) is 35.4 Å². The van der Waals surface area contributed by atoms with E-state index in [0.717, 1.165) is 6.07 Å². The third kappa shape index (κ3) is 2.29. The maximum Gasteiger partial charge on any atom is 0.322 e. The molecule has 0 saturated carbocycles. The molecule has 3 nitrogen and oxygen atoms in total. The summed E-state index contributed by atoms with van der Waals surface area (Å²) in [5.74, 6) is -2.09. The Morgan fingerprint density at radius 3 is 2.88 bits per heavy atom. The zero-order valence-electron chi connectivity index (χ0n) is 9.37. The van der Waals surface area contributed by atoms with Crippen molar-refractivity contribution in [2.45, 2.75) is 24.9 Å². The first kappa shape index (κ1) is 12.0. The summed E-state index contributed by atoms with van der Waals surface area (Å²) in [6.07, 6.45) is 1.15. The Labute approximate surface area is 97.8 Å². The average molecular weight is 241 g/mol. The van der Waals surface area contributed by atoms with Crippen LogP contribution in [0.2, 0.25) is 0 Å². The fraction of sp³-hybridized carbons (Fsp3) is 0.417. The smallest absolute Gasteiger partial charge is 0.322 e. The first-order chi connectivity index (χ1) is 8.13. The number of esters is 1. The lowest BCUT2D eigenvalue weighted by molar-refractivity contribution is -0.142. The van der Waals surface area contributed by atoms with Gasteiger partial charge in [-0.25, -0.2) is 8.78 Å². The van der Waals surface area contributed by atoms with Crippen LogP contribution in [0.5, 0.6) is 0 Å². The van der Waals surface area contributed by atoms with Crippen molar-refractivity contribution in [1.29, 1.82) is 0 Å². The lowest BCUT2D eigenvalue weighted by Crippen LogP contribution is -2.33. The fourth-order valence-corrected chi connectivity index (χ4v) is 2.11. The molecule has 1 aromatic carbocycles. The second-order valence-electron chi connectivity index (χ2n) is 4.02. The number of hydrogen-bond donors (Lipinski definition) is 1. The molecule has 92 valence electrons. The lowest BCUT2D eigenvalue weighted by atomic mass is 10.0. The maximum absolute atomic E-state index is 13.5. The quantitative estimate of drug-likeness (QED) is 0.804. The molecule has 1 heterocycles. The largest absolute Gasteiger partial charge is 0.468 e. The van der Waals surface area contributed by atoms with E-state index in [9.17, 15) is 13.6 Å². The van der Waals surface area contributed by atoms with Gasteiger partial charge in [-0.3, -0.25) is 10.1 Å². The van der Waals surface area contributed by atoms with E-state index in [2.05, 4.69) is 10.1 Å². The van der Waals surface area contributed by atoms with Gasteiger partial charge in [0.15, 0.2) is 11.6 Å². The van der Waals surface area contributed by atoms with Crippen molar-refractivity contribution in [3.63, 3.8) is 0 Å². The van der Waals surface area contributed by atoms with Gasteiger partial charge in [-0.15, -0.1) is 0 Å². The fourth-order valence-electron chi connectivity index (χ4n) is 2.11. The number of nitrogens with one attached hydrogen (secondary N) is 1. The minimum Gasteiger partial charge on any atom is -0.468 e. The Bertz CT molecular complexity index is 437. The molecule has 1 aliphatic heterocycles. The monoisotopic (exact) mass is 241 g/mol. The van der Waals surface area contributed by atoms with Crippen molar-refractivity contribution >= 4 is 5.97 Å². The summed E-state index contributed by atoms with van der Waals surface area (Å²) in [5.41, 5.74) is 0.261. The summed E-state index contributed by atoms with van der Waals surface area (Å²) >= 11 is 0. The summed E-state index contributed by atoms with van der Waals surface area (Å²) in [6.45, 7) is 0. The minimum absolute atomic E-state index is 0.261. The Hall–Kier alpha value is -1.49. The van der Waals surface area contributed by atoms with E-state index in [1.807, 2.05) is 0 Å². The van der Waals surface area contributed by atoms with Gasteiger partial charge in [0, 0.05) is 11.6 Å². The number of hydrogen-bond acceptors (Lipinski definition) is 3. The lowest BCUT2D eigenvalue weighted by Gasteiger charge is -2.14. The Balaban J connectivity index is 2.15. The van der Waals surface area contributed by atoms with Gasteiger partial charge in [0.1, 0.15) is 6.04 Å². The van der Waals surface area contributed by atoms with Gasteiger partial charge in [0.2, 0.25) is 0 Å². The standard InChI is InChI=1S/C12H13F2NO2/c1-17-12(16)10-6-5-9(15-10)7-3-2-4-8(13)11(7)14/h2-4,9-10,15H,5-6H2,1H3. The molecule has 0 bridgehead atoms. The Morgan fingerprint density at radius 1 is 1.41 bits per heavy atom. The number of halogens is 2. The van der Waals surface area contributed by atoms with Crippen molar-refractivity contribution in [2.24, 2.45) is 0 Å². The van der Waals surface area contributed by atoms with Crippen molar-refractivity contribution in [1.82, 2.24) is 5.32 Å². The van der Waals surface area contributed by atoms with Gasteiger partial charge in [-0.2, -0.15) is 0 Å². The zero-order chi connectivity index (χ0) is 12.4. The molecular weight excluding hydrogens is 228 g/mol. The Morgan fingerprint density at radius 2 is 2.18 bits per heavy atom. The number of carbonyl (C=O) groups is 1. The third-order valence-electron chi connectivity index (χ3n) is 2.99. The molecule has 1 N–H and O–H groups in total. The molecule has 0 amide bonds. The highest BCUT2D eigenvalue weighted by molar-refractivity contribution is 5.76. The van der Waals surface area contributed by atoms with Gasteiger partial charge < -0.3 is 4.74 Å². The van der Waals surface area contributed by atoms with E-state index in [4.69, 9.17) is 0 Å². The van der Waals surface area contributed by atoms with E-state index in [0.29, 0.717) is 12.8 Å². The van der Waals surface area contributed by atoms with Crippen LogP contribution in [0.15, 0.2) is 18.2 Å². The predicted octanol–water partition coefficient (Wildman–Crippen LogP) is 1.93. The van der Waals surface area contributed by atoms with Crippen LogP contribution in [0, 0.1) is 11.6 Å². The van der Waals surface area contributed by atoms with Gasteiger partial charge in [0.25, 0.3) is 0 Å². The molecule has 1 saturated heterocycles. The van der Waals surface area contributed by atoms with Crippen LogP contribution in [0.4, 0.5) is 8.78 Å². The first-order valence-corrected chi connectivity index (χ1v) is 5.41. The highest BCUT2D eigenvalue weighted by Gasteiger charge is 2.32. The molecule has 2 rings (SSSR count). The summed E-state index contributed by atoms with van der Waals surface area (Å²) in [5, 5.41) is 2.94. The number of carbonyl (C=O) groups excluding carboxylic acids is 1. The van der Waals surface area contributed by atoms with Crippen molar-refractivity contribution in [2.75, 3.05) is 7.11 Å². The van der Waals surface area contributed by atoms with E-state index in [1.165, 1.54) is 19.2 Å². The van der Waals surface area contributed by atoms with Crippen LogP contribution in [-0.2, 0) is 9.53 Å². The maximum atomic E-state index is 13.5. The molecular formula is C12H13F2NO2. The number of methoxy groups -OCH3 is 1. The number of benzene rings is 1. The van der Waals surface area contributed by atoms with Crippen LogP contribution < -0.4 is 5.32 Å². The van der Waals surface area contributed by atoms with Gasteiger partial charge >= 0.3 is 5.97 Å². The SMILES string of the molecule is COC(=O)C1CCC(c2cccc(F)c2F)N1. The van der Waals surface area contributed by atoms with Crippen LogP contribution in [0.3, 0.4) is 0 Å². The van der Waals surface area contributed by atoms with Gasteiger partial charge in [-0.1, -0.05) is 12.1 Å². The molecule has 17 heavy (non-hydrogen) atoms. The summed E-state index contributed by atoms with van der Waals surface area (Å²) in [7, 11) is 1.31. The van der Waals surface area contributed by atoms with Crippen LogP contribution in [-0.4, -0.2) is 19.1 Å². The van der Waals surface area contributed by atoms with Crippen molar-refractivity contribution in [3.8, 4) is 0 Å². The minimum atomic E-state index is -0.870. The highest BCUT2D eigenvalue weighted by Crippen LogP contribution is 2.29. The van der Waals surface area contributed by atoms with Crippen molar-refractivity contribution < 1.29 is 18.3 Å². The molecule has 1 aromatic rings. The van der Waals surface area contributed by atoms with E-state index < -0.39 is 17.7 Å². The molecule has 0 aliphatic carbocycles. The molecule has 1 fully saturated rings. The first-order valence-electron chi connectivity index (χ1n) is 5.41. The molecule has 2 atom stereocenters. The molecule has 0 aromatic heterocycles. The van der Waals surface area contributed by atoms with E-state index >= 15 is 0 Å². The third-order valence-corrected chi connectivity index (χ3v) is 2.99. The van der Waals surface area contributed by atoms with Crippen LogP contribution in [0.25, 0.3) is 0 Å². The predicted molar refractivity (Wildman–Crippen MR) is 57.3 cm³/mol. The number of rotatable bonds is 2. The molecule has 1 aliphatic rings. The molecule has 0 spiro atoms. The van der Waals surface area contributed by atoms with Gasteiger partial charge in [-0.05, 0) is 18.9 Å². The van der Waals surface area contributed by atoms with Crippen LogP contribution in [0.1, 0.15) is 24.4 Å². The average Bonchev–Trinajstić information content (AvgIpc) is 2.81. The second-order valence-corrected chi connectivity index (χ2v) is 4.02. The van der Waals surface area contributed by atoms with E-state index in [-0.39, 0.29) is 17.6 Å².